The van der Waals surface area contributed by atoms with Crippen molar-refractivity contribution in [2.45, 2.75) is 51.3 Å². The SMILES string of the molecule is CC.CC.CC.CS(=O)(=O)c1ccccc1.O=S(=O)(O)c1cccc2ccccc12. The van der Waals surface area contributed by atoms with Crippen LogP contribution in [0.3, 0.4) is 0 Å². The minimum Gasteiger partial charge on any atom is -0.282 e. The Morgan fingerprint density at radius 3 is 1.47 bits per heavy atom. The van der Waals surface area contributed by atoms with Crippen LogP contribution in [0.4, 0.5) is 0 Å². The van der Waals surface area contributed by atoms with Gasteiger partial charge in [0.1, 0.15) is 4.90 Å². The standard InChI is InChI=1S/C10H8O3S.C7H8O2S.3C2H6/c11-14(12,13)10-7-3-5-8-4-1-2-6-9(8)10;1-10(8,9)7-5-3-2-4-6-7;3*1-2/h1-7H,(H,11,12,13);2-6H,1H3;3*1-2H3. The Kier molecular flexibility index (Phi) is 15.6. The van der Waals surface area contributed by atoms with Crippen LogP contribution in [0.1, 0.15) is 41.5 Å². The Morgan fingerprint density at radius 2 is 1.03 bits per heavy atom. The molecule has 0 aliphatic rings. The van der Waals surface area contributed by atoms with Crippen molar-refractivity contribution in [2.75, 3.05) is 6.26 Å². The minimum absolute atomic E-state index is 0.0457. The van der Waals surface area contributed by atoms with Gasteiger partial charge in [0, 0.05) is 11.6 Å². The largest absolute Gasteiger partial charge is 0.295 e. The van der Waals surface area contributed by atoms with E-state index in [4.69, 9.17) is 4.55 Å². The lowest BCUT2D eigenvalue weighted by atomic mass is 10.1. The number of rotatable bonds is 2. The van der Waals surface area contributed by atoms with Crippen LogP contribution in [-0.2, 0) is 20.0 Å². The van der Waals surface area contributed by atoms with Gasteiger partial charge >= 0.3 is 0 Å². The number of sulfone groups is 1. The lowest BCUT2D eigenvalue weighted by Crippen LogP contribution is -1.98. The van der Waals surface area contributed by atoms with E-state index >= 15 is 0 Å². The average Bonchev–Trinajstić information content (AvgIpc) is 2.77. The summed E-state index contributed by atoms with van der Waals surface area (Å²) in [6.07, 6.45) is 1.20. The van der Waals surface area contributed by atoms with Crippen LogP contribution in [-0.4, -0.2) is 27.6 Å². The van der Waals surface area contributed by atoms with Crippen molar-refractivity contribution in [2.24, 2.45) is 0 Å². The van der Waals surface area contributed by atoms with E-state index in [1.807, 2.05) is 47.6 Å². The summed E-state index contributed by atoms with van der Waals surface area (Å²) in [6, 6.07) is 20.1. The summed E-state index contributed by atoms with van der Waals surface area (Å²) in [7, 11) is -7.13. The van der Waals surface area contributed by atoms with Gasteiger partial charge in [-0.25, -0.2) is 8.42 Å². The first-order chi connectivity index (χ1) is 14.2. The van der Waals surface area contributed by atoms with Crippen LogP contribution < -0.4 is 0 Å². The molecule has 7 heteroatoms. The summed E-state index contributed by atoms with van der Waals surface area (Å²) in [5.74, 6) is 0. The Morgan fingerprint density at radius 1 is 0.600 bits per heavy atom. The summed E-state index contributed by atoms with van der Waals surface area (Å²) in [6.45, 7) is 12.0. The molecular weight excluding hydrogens is 420 g/mol. The van der Waals surface area contributed by atoms with Crippen LogP contribution in [0.2, 0.25) is 0 Å². The quantitative estimate of drug-likeness (QED) is 0.462. The molecule has 30 heavy (non-hydrogen) atoms. The van der Waals surface area contributed by atoms with Gasteiger partial charge in [0.25, 0.3) is 10.1 Å². The van der Waals surface area contributed by atoms with Gasteiger partial charge in [-0.15, -0.1) is 0 Å². The second-order valence-corrected chi connectivity index (χ2v) is 8.44. The molecule has 0 atom stereocenters. The fourth-order valence-electron chi connectivity index (χ4n) is 2.09. The van der Waals surface area contributed by atoms with Crippen molar-refractivity contribution in [1.29, 1.82) is 0 Å². The van der Waals surface area contributed by atoms with Gasteiger partial charge in [-0.1, -0.05) is 96.1 Å². The third-order valence-corrected chi connectivity index (χ3v) is 5.24. The molecule has 0 saturated carbocycles. The molecule has 0 amide bonds. The molecule has 0 spiro atoms. The van der Waals surface area contributed by atoms with Crippen LogP contribution in [0.25, 0.3) is 10.8 Å². The van der Waals surface area contributed by atoms with Crippen LogP contribution in [0.5, 0.6) is 0 Å². The highest BCUT2D eigenvalue weighted by molar-refractivity contribution is 7.90. The number of hydrogen-bond donors (Lipinski definition) is 1. The van der Waals surface area contributed by atoms with Gasteiger partial charge in [0.15, 0.2) is 9.84 Å². The molecule has 0 fully saturated rings. The molecule has 0 heterocycles. The van der Waals surface area contributed by atoms with E-state index in [2.05, 4.69) is 0 Å². The molecule has 0 bridgehead atoms. The average molecular weight is 455 g/mol. The number of benzene rings is 3. The maximum Gasteiger partial charge on any atom is 0.295 e. The van der Waals surface area contributed by atoms with Crippen molar-refractivity contribution in [3.8, 4) is 0 Å². The molecule has 168 valence electrons. The van der Waals surface area contributed by atoms with E-state index in [1.165, 1.54) is 12.3 Å². The normalized spacial score (nSPS) is 9.87. The first-order valence-corrected chi connectivity index (χ1v) is 13.2. The number of fused-ring (bicyclic) bond motifs is 1. The predicted molar refractivity (Wildman–Crippen MR) is 127 cm³/mol. The molecule has 1 N–H and O–H groups in total. The monoisotopic (exact) mass is 454 g/mol. The summed E-state index contributed by atoms with van der Waals surface area (Å²) >= 11 is 0. The van der Waals surface area contributed by atoms with Crippen molar-refractivity contribution in [3.05, 3.63) is 72.8 Å². The fourth-order valence-corrected chi connectivity index (χ4v) is 3.45. The lowest BCUT2D eigenvalue weighted by Gasteiger charge is -2.02. The van der Waals surface area contributed by atoms with Gasteiger partial charge in [0.05, 0.1) is 4.90 Å². The van der Waals surface area contributed by atoms with Gasteiger partial charge in [-0.2, -0.15) is 8.42 Å². The van der Waals surface area contributed by atoms with E-state index in [1.54, 1.807) is 60.7 Å². The van der Waals surface area contributed by atoms with E-state index in [-0.39, 0.29) is 4.90 Å². The third-order valence-electron chi connectivity index (χ3n) is 3.20. The summed E-state index contributed by atoms with van der Waals surface area (Å²) < 4.78 is 52.6. The highest BCUT2D eigenvalue weighted by atomic mass is 32.2. The van der Waals surface area contributed by atoms with Gasteiger partial charge < -0.3 is 0 Å². The molecule has 0 saturated heterocycles. The van der Waals surface area contributed by atoms with Gasteiger partial charge in [-0.05, 0) is 23.6 Å². The molecule has 3 aromatic carbocycles. The first-order valence-electron chi connectivity index (χ1n) is 9.90. The fraction of sp³-hybridized carbons (Fsp3) is 0.304. The minimum atomic E-state index is -4.13. The second-order valence-electron chi connectivity index (χ2n) is 5.04. The molecular formula is C23H34O5S2. The lowest BCUT2D eigenvalue weighted by molar-refractivity contribution is 0.484. The second kappa shape index (κ2) is 15.6. The van der Waals surface area contributed by atoms with Crippen molar-refractivity contribution in [3.63, 3.8) is 0 Å². The smallest absolute Gasteiger partial charge is 0.282 e. The molecule has 0 aliphatic carbocycles. The Hall–Kier alpha value is -2.22. The summed E-state index contributed by atoms with van der Waals surface area (Å²) in [4.78, 5) is 0.325. The molecule has 3 rings (SSSR count). The third kappa shape index (κ3) is 10.5. The van der Waals surface area contributed by atoms with Crippen LogP contribution >= 0.6 is 0 Å². The van der Waals surface area contributed by atoms with Crippen LogP contribution in [0, 0.1) is 0 Å². The molecule has 0 radical (unpaired) electrons. The highest BCUT2D eigenvalue weighted by Crippen LogP contribution is 2.22. The number of hydrogen-bond acceptors (Lipinski definition) is 4. The maximum absolute atomic E-state index is 11.0. The predicted octanol–water partition coefficient (Wildman–Crippen LogP) is 6.26. The molecule has 3 aromatic rings. The summed E-state index contributed by atoms with van der Waals surface area (Å²) in [5, 5.41) is 1.33. The maximum atomic E-state index is 11.0. The van der Waals surface area contributed by atoms with Crippen LogP contribution in [0.15, 0.2) is 82.6 Å². The molecule has 0 aromatic heterocycles. The Bertz CT molecular complexity index is 1040. The first kappa shape index (κ1) is 30.0. The zero-order chi connectivity index (χ0) is 23.8. The van der Waals surface area contributed by atoms with E-state index in [0.717, 1.165) is 5.39 Å². The van der Waals surface area contributed by atoms with E-state index < -0.39 is 20.0 Å². The zero-order valence-corrected chi connectivity index (χ0v) is 20.5. The molecule has 0 aliphatic heterocycles. The van der Waals surface area contributed by atoms with Gasteiger partial charge in [-0.3, -0.25) is 4.55 Å². The van der Waals surface area contributed by atoms with Gasteiger partial charge in [0.2, 0.25) is 0 Å². The topological polar surface area (TPSA) is 88.5 Å². The Labute approximate surface area is 182 Å². The Balaban J connectivity index is 0. The summed E-state index contributed by atoms with van der Waals surface area (Å²) in [5.41, 5.74) is 0. The zero-order valence-electron chi connectivity index (χ0n) is 18.8. The molecule has 5 nitrogen and oxygen atoms in total. The molecule has 0 unspecified atom stereocenters. The van der Waals surface area contributed by atoms with Crippen molar-refractivity contribution >= 4 is 30.7 Å². The van der Waals surface area contributed by atoms with Crippen molar-refractivity contribution < 1.29 is 21.4 Å². The highest BCUT2D eigenvalue weighted by Gasteiger charge is 2.12. The van der Waals surface area contributed by atoms with E-state index in [9.17, 15) is 16.8 Å². The van der Waals surface area contributed by atoms with Crippen molar-refractivity contribution in [1.82, 2.24) is 0 Å². The van der Waals surface area contributed by atoms with E-state index in [0.29, 0.717) is 10.3 Å².